The molecule has 0 N–H and O–H groups in total. The average molecular weight is 745 g/mol. The van der Waals surface area contributed by atoms with E-state index in [-0.39, 0.29) is 0 Å². The van der Waals surface area contributed by atoms with E-state index in [9.17, 15) is 0 Å². The smallest absolute Gasteiger partial charge is 0.0547 e. The summed E-state index contributed by atoms with van der Waals surface area (Å²) in [4.78, 5) is 2.45. The van der Waals surface area contributed by atoms with Crippen molar-refractivity contribution in [1.29, 1.82) is 0 Å². The highest BCUT2D eigenvalue weighted by Gasteiger charge is 2.21. The fraction of sp³-hybridized carbons (Fsp3) is 0. The summed E-state index contributed by atoms with van der Waals surface area (Å²) in [7, 11) is 0. The molecule has 0 saturated carbocycles. The molecule has 0 spiro atoms. The predicted octanol–water partition coefficient (Wildman–Crippen LogP) is 15.6. The molecule has 0 amide bonds. The van der Waals surface area contributed by atoms with Crippen molar-refractivity contribution in [1.82, 2.24) is 4.57 Å². The van der Waals surface area contributed by atoms with Crippen molar-refractivity contribution in [2.75, 3.05) is 4.90 Å². The van der Waals surface area contributed by atoms with Gasteiger partial charge in [-0.3, -0.25) is 0 Å². The molecule has 0 aliphatic carbocycles. The first-order chi connectivity index (χ1) is 28.3. The summed E-state index contributed by atoms with van der Waals surface area (Å²) in [5.74, 6) is 0. The molecule has 0 unspecified atom stereocenters. The molecule has 11 rings (SSSR count). The largest absolute Gasteiger partial charge is 0.310 e. The monoisotopic (exact) mass is 744 g/mol. The molecule has 0 radical (unpaired) electrons. The lowest BCUT2D eigenvalue weighted by Gasteiger charge is -2.29. The van der Waals surface area contributed by atoms with E-state index in [1.807, 2.05) is 11.3 Å². The molecule has 0 bridgehead atoms. The Kier molecular flexibility index (Phi) is 8.04. The van der Waals surface area contributed by atoms with Crippen LogP contribution in [0.4, 0.5) is 17.1 Å². The van der Waals surface area contributed by atoms with Gasteiger partial charge < -0.3 is 9.47 Å². The molecule has 0 aliphatic rings. The standard InChI is InChI=1S/C54H36N2S/c1-4-15-37(16-5-1)40-29-33-44(38-17-6-2-7-18-38)51(35-40)55(43-32-34-53-48(36-43)46-21-11-13-26-52(46)57-53)42-30-27-39(28-31-42)45-23-14-25-50-54(45)47-22-10-12-24-49(47)56(50)41-19-8-3-9-20-41/h1-36H. The number of nitrogens with zero attached hydrogens (tertiary/aromatic N) is 2. The van der Waals surface area contributed by atoms with Crippen LogP contribution in [-0.4, -0.2) is 4.57 Å². The topological polar surface area (TPSA) is 8.17 Å². The number of aromatic nitrogens is 1. The van der Waals surface area contributed by atoms with Gasteiger partial charge in [-0.25, -0.2) is 0 Å². The maximum absolute atomic E-state index is 2.45. The molecule has 9 aromatic carbocycles. The van der Waals surface area contributed by atoms with E-state index >= 15 is 0 Å². The molecule has 0 aliphatic heterocycles. The zero-order valence-corrected chi connectivity index (χ0v) is 31.9. The van der Waals surface area contributed by atoms with Gasteiger partial charge in [0.2, 0.25) is 0 Å². The Bertz CT molecular complexity index is 3220. The molecule has 11 aromatic rings. The minimum Gasteiger partial charge on any atom is -0.310 e. The highest BCUT2D eigenvalue weighted by atomic mass is 32.1. The first-order valence-electron chi connectivity index (χ1n) is 19.4. The first-order valence-corrected chi connectivity index (χ1v) is 20.2. The number of para-hydroxylation sites is 2. The second-order valence-corrected chi connectivity index (χ2v) is 15.6. The van der Waals surface area contributed by atoms with Crippen LogP contribution < -0.4 is 4.90 Å². The van der Waals surface area contributed by atoms with Crippen LogP contribution >= 0.6 is 11.3 Å². The summed E-state index contributed by atoms with van der Waals surface area (Å²) in [6.45, 7) is 0. The fourth-order valence-corrected chi connectivity index (χ4v) is 9.66. The second kappa shape index (κ2) is 13.8. The Morgan fingerprint density at radius 2 is 0.947 bits per heavy atom. The van der Waals surface area contributed by atoms with E-state index in [1.165, 1.54) is 75.4 Å². The van der Waals surface area contributed by atoms with Gasteiger partial charge in [-0.1, -0.05) is 152 Å². The Morgan fingerprint density at radius 3 is 1.74 bits per heavy atom. The van der Waals surface area contributed by atoms with E-state index in [4.69, 9.17) is 0 Å². The van der Waals surface area contributed by atoms with Crippen LogP contribution in [0.15, 0.2) is 218 Å². The van der Waals surface area contributed by atoms with Gasteiger partial charge in [0.15, 0.2) is 0 Å². The minimum absolute atomic E-state index is 1.10. The van der Waals surface area contributed by atoms with Crippen LogP contribution in [-0.2, 0) is 0 Å². The molecule has 0 saturated heterocycles. The van der Waals surface area contributed by atoms with Crippen molar-refractivity contribution in [2.45, 2.75) is 0 Å². The zero-order chi connectivity index (χ0) is 37.7. The number of thiophene rings is 1. The molecule has 0 fully saturated rings. The van der Waals surface area contributed by atoms with E-state index in [2.05, 4.69) is 228 Å². The molecular weight excluding hydrogens is 709 g/mol. The number of hydrogen-bond acceptors (Lipinski definition) is 2. The zero-order valence-electron chi connectivity index (χ0n) is 31.1. The number of fused-ring (bicyclic) bond motifs is 6. The van der Waals surface area contributed by atoms with Gasteiger partial charge in [0, 0.05) is 53.6 Å². The van der Waals surface area contributed by atoms with Crippen LogP contribution in [0, 0.1) is 0 Å². The summed E-state index contributed by atoms with van der Waals surface area (Å²) >= 11 is 1.85. The van der Waals surface area contributed by atoms with Gasteiger partial charge >= 0.3 is 0 Å². The summed E-state index contributed by atoms with van der Waals surface area (Å²) < 4.78 is 4.98. The third kappa shape index (κ3) is 5.71. The highest BCUT2D eigenvalue weighted by molar-refractivity contribution is 7.25. The van der Waals surface area contributed by atoms with Crippen molar-refractivity contribution in [3.8, 4) is 39.1 Å². The van der Waals surface area contributed by atoms with Crippen molar-refractivity contribution in [3.05, 3.63) is 218 Å². The predicted molar refractivity (Wildman–Crippen MR) is 245 cm³/mol. The number of rotatable bonds is 7. The molecule has 2 aromatic heterocycles. The molecule has 0 atom stereocenters. The molecule has 2 nitrogen and oxygen atoms in total. The van der Waals surface area contributed by atoms with Crippen LogP contribution in [0.2, 0.25) is 0 Å². The summed E-state index contributed by atoms with van der Waals surface area (Å²) in [6, 6.07) is 79.4. The molecule has 57 heavy (non-hydrogen) atoms. The molecule has 3 heteroatoms. The van der Waals surface area contributed by atoms with Gasteiger partial charge in [0.1, 0.15) is 0 Å². The average Bonchev–Trinajstić information content (AvgIpc) is 3.83. The Hall–Kier alpha value is -7.20. The molecule has 2 heterocycles. The van der Waals surface area contributed by atoms with E-state index < -0.39 is 0 Å². The van der Waals surface area contributed by atoms with Crippen LogP contribution in [0.5, 0.6) is 0 Å². The van der Waals surface area contributed by atoms with Gasteiger partial charge in [0.05, 0.1) is 16.7 Å². The van der Waals surface area contributed by atoms with Crippen LogP contribution in [0.1, 0.15) is 0 Å². The van der Waals surface area contributed by atoms with Crippen molar-refractivity contribution >= 4 is 70.4 Å². The lowest BCUT2D eigenvalue weighted by molar-refractivity contribution is 1.18. The van der Waals surface area contributed by atoms with Crippen molar-refractivity contribution in [3.63, 3.8) is 0 Å². The Morgan fingerprint density at radius 1 is 0.351 bits per heavy atom. The maximum atomic E-state index is 2.45. The molecular formula is C54H36N2S. The number of hydrogen-bond donors (Lipinski definition) is 0. The van der Waals surface area contributed by atoms with E-state index in [0.717, 1.165) is 22.7 Å². The van der Waals surface area contributed by atoms with E-state index in [0.29, 0.717) is 0 Å². The molecule has 268 valence electrons. The lowest BCUT2D eigenvalue weighted by atomic mass is 9.96. The third-order valence-corrected chi connectivity index (χ3v) is 12.3. The maximum Gasteiger partial charge on any atom is 0.0547 e. The lowest BCUT2D eigenvalue weighted by Crippen LogP contribution is -2.11. The van der Waals surface area contributed by atoms with Crippen molar-refractivity contribution < 1.29 is 0 Å². The number of benzene rings is 9. The van der Waals surface area contributed by atoms with Gasteiger partial charge in [0.25, 0.3) is 0 Å². The van der Waals surface area contributed by atoms with Gasteiger partial charge in [-0.15, -0.1) is 11.3 Å². The number of anilines is 3. The van der Waals surface area contributed by atoms with Gasteiger partial charge in [-0.2, -0.15) is 0 Å². The Balaban J connectivity index is 1.12. The minimum atomic E-state index is 1.10. The summed E-state index contributed by atoms with van der Waals surface area (Å²) in [5, 5.41) is 5.08. The fourth-order valence-electron chi connectivity index (χ4n) is 8.57. The Labute approximate surface area is 335 Å². The highest BCUT2D eigenvalue weighted by Crippen LogP contribution is 2.46. The summed E-state index contributed by atoms with van der Waals surface area (Å²) in [6.07, 6.45) is 0. The summed E-state index contributed by atoms with van der Waals surface area (Å²) in [5.41, 5.74) is 14.0. The second-order valence-electron chi connectivity index (χ2n) is 14.5. The SMILES string of the molecule is c1ccc(-c2ccc(-c3ccccc3)c(N(c3ccc(-c4cccc5c4c4ccccc4n5-c4ccccc4)cc3)c3ccc4sc5ccccc5c4c3)c2)cc1. The van der Waals surface area contributed by atoms with Crippen molar-refractivity contribution in [2.24, 2.45) is 0 Å². The van der Waals surface area contributed by atoms with Crippen LogP contribution in [0.25, 0.3) is 81.0 Å². The van der Waals surface area contributed by atoms with Crippen LogP contribution in [0.3, 0.4) is 0 Å². The first kappa shape index (κ1) is 33.2. The quantitative estimate of drug-likeness (QED) is 0.158. The van der Waals surface area contributed by atoms with Gasteiger partial charge in [-0.05, 0) is 94.5 Å². The third-order valence-electron chi connectivity index (χ3n) is 11.2. The normalized spacial score (nSPS) is 11.5. The van der Waals surface area contributed by atoms with E-state index in [1.54, 1.807) is 0 Å².